The second-order valence-corrected chi connectivity index (χ2v) is 6.15. The van der Waals surface area contributed by atoms with E-state index < -0.39 is 0 Å². The minimum Gasteiger partial charge on any atom is -0.491 e. The molecule has 0 saturated carbocycles. The van der Waals surface area contributed by atoms with E-state index in [9.17, 15) is 4.79 Å². The smallest absolute Gasteiger partial charge is 0.249 e. The minimum absolute atomic E-state index is 0.0484. The summed E-state index contributed by atoms with van der Waals surface area (Å²) in [5, 5.41) is 7.12. The number of rotatable bonds is 6. The summed E-state index contributed by atoms with van der Waals surface area (Å²) in [5.74, 6) is 0.724. The Balaban J connectivity index is 1.53. The van der Waals surface area contributed by atoms with Crippen molar-refractivity contribution in [2.45, 2.75) is 31.9 Å². The molecule has 1 amide bonds. The fraction of sp³-hybridized carbons (Fsp3) is 0.444. The number of aromatic nitrogens is 2. The second kappa shape index (κ2) is 7.49. The third kappa shape index (κ3) is 4.14. The van der Waals surface area contributed by atoms with E-state index in [0.29, 0.717) is 13.2 Å². The lowest BCUT2D eigenvalue weighted by Gasteiger charge is -2.17. The Morgan fingerprint density at radius 1 is 1.50 bits per heavy atom. The van der Waals surface area contributed by atoms with Gasteiger partial charge in [-0.05, 0) is 37.5 Å². The number of hydrogen-bond donors (Lipinski definition) is 1. The first-order valence-electron chi connectivity index (χ1n) is 8.25. The zero-order chi connectivity index (χ0) is 16.9. The highest BCUT2D eigenvalue weighted by Crippen LogP contribution is 2.23. The summed E-state index contributed by atoms with van der Waals surface area (Å²) in [6.45, 7) is 3.01. The molecule has 0 aliphatic carbocycles. The molecule has 24 heavy (non-hydrogen) atoms. The second-order valence-electron chi connectivity index (χ2n) is 6.15. The van der Waals surface area contributed by atoms with Gasteiger partial charge in [0.2, 0.25) is 5.91 Å². The molecular weight excluding hydrogens is 306 g/mol. The molecule has 6 heteroatoms. The molecule has 128 valence electrons. The molecule has 1 saturated heterocycles. The van der Waals surface area contributed by atoms with Crippen LogP contribution in [0.1, 0.15) is 19.8 Å². The lowest BCUT2D eigenvalue weighted by atomic mass is 10.1. The van der Waals surface area contributed by atoms with Crippen molar-refractivity contribution >= 4 is 5.91 Å². The van der Waals surface area contributed by atoms with E-state index in [1.54, 1.807) is 4.68 Å². The van der Waals surface area contributed by atoms with Gasteiger partial charge in [-0.3, -0.25) is 9.48 Å². The quantitative estimate of drug-likeness (QED) is 0.882. The number of aryl methyl sites for hydroxylation is 1. The van der Waals surface area contributed by atoms with E-state index in [0.717, 1.165) is 29.7 Å². The van der Waals surface area contributed by atoms with Crippen LogP contribution in [0.25, 0.3) is 11.1 Å². The molecule has 1 aromatic heterocycles. The van der Waals surface area contributed by atoms with Crippen molar-refractivity contribution < 1.29 is 14.3 Å². The number of amides is 1. The first kappa shape index (κ1) is 16.5. The highest BCUT2D eigenvalue weighted by Gasteiger charge is 2.24. The fourth-order valence-electron chi connectivity index (χ4n) is 2.72. The maximum atomic E-state index is 12.0. The van der Waals surface area contributed by atoms with Gasteiger partial charge in [0.05, 0.1) is 12.2 Å². The van der Waals surface area contributed by atoms with E-state index >= 15 is 0 Å². The molecule has 1 aliphatic heterocycles. The number of nitrogens with one attached hydrogen (secondary N) is 1. The Hall–Kier alpha value is -2.34. The highest BCUT2D eigenvalue weighted by molar-refractivity contribution is 5.81. The van der Waals surface area contributed by atoms with Crippen molar-refractivity contribution in [3.63, 3.8) is 0 Å². The number of carbonyl (C=O) groups excluding carboxylic acids is 1. The number of benzene rings is 1. The van der Waals surface area contributed by atoms with Crippen LogP contribution in [0.15, 0.2) is 36.7 Å². The summed E-state index contributed by atoms with van der Waals surface area (Å²) >= 11 is 0. The lowest BCUT2D eigenvalue weighted by molar-refractivity contribution is -0.130. The molecule has 0 bridgehead atoms. The lowest BCUT2D eigenvalue weighted by Crippen LogP contribution is -2.42. The Labute approximate surface area is 141 Å². The molecule has 1 aromatic carbocycles. The van der Waals surface area contributed by atoms with Crippen LogP contribution >= 0.6 is 0 Å². The van der Waals surface area contributed by atoms with Crippen molar-refractivity contribution in [2.75, 3.05) is 13.2 Å². The van der Waals surface area contributed by atoms with E-state index in [2.05, 4.69) is 10.4 Å². The minimum atomic E-state index is -0.304. The van der Waals surface area contributed by atoms with Gasteiger partial charge in [0.1, 0.15) is 18.5 Å². The molecule has 0 spiro atoms. The van der Waals surface area contributed by atoms with Crippen LogP contribution in [0.3, 0.4) is 0 Å². The van der Waals surface area contributed by atoms with Crippen LogP contribution in [0, 0.1) is 0 Å². The SMILES string of the molecule is C[C@H](COc1cccc(-c2cnn(C)c2)c1)NC(=O)[C@@H]1CCCO1. The van der Waals surface area contributed by atoms with E-state index in [-0.39, 0.29) is 18.1 Å². The molecule has 2 heterocycles. The summed E-state index contributed by atoms with van der Waals surface area (Å²) in [5.41, 5.74) is 2.10. The predicted molar refractivity (Wildman–Crippen MR) is 90.7 cm³/mol. The van der Waals surface area contributed by atoms with Gasteiger partial charge >= 0.3 is 0 Å². The van der Waals surface area contributed by atoms with Crippen molar-refractivity contribution in [3.05, 3.63) is 36.7 Å². The Bertz CT molecular complexity index is 692. The van der Waals surface area contributed by atoms with Gasteiger partial charge in [0.15, 0.2) is 0 Å². The van der Waals surface area contributed by atoms with E-state index in [1.165, 1.54) is 0 Å². The molecule has 1 N–H and O–H groups in total. The van der Waals surface area contributed by atoms with Crippen LogP contribution in [-0.4, -0.2) is 41.0 Å². The molecule has 0 radical (unpaired) electrons. The van der Waals surface area contributed by atoms with Crippen molar-refractivity contribution in [2.24, 2.45) is 7.05 Å². The summed E-state index contributed by atoms with van der Waals surface area (Å²) in [7, 11) is 1.89. The third-order valence-corrected chi connectivity index (χ3v) is 3.98. The first-order valence-corrected chi connectivity index (χ1v) is 8.25. The number of hydrogen-bond acceptors (Lipinski definition) is 4. The standard InChI is InChI=1S/C18H23N3O3/c1-13(20-18(22)17-7-4-8-23-17)12-24-16-6-3-5-14(9-16)15-10-19-21(2)11-15/h3,5-6,9-11,13,17H,4,7-8,12H2,1-2H3,(H,20,22)/t13-,17+/m1/s1. The maximum Gasteiger partial charge on any atom is 0.249 e. The third-order valence-electron chi connectivity index (χ3n) is 3.98. The summed E-state index contributed by atoms with van der Waals surface area (Å²) < 4.78 is 13.0. The number of carbonyl (C=O) groups is 1. The highest BCUT2D eigenvalue weighted by atomic mass is 16.5. The summed E-state index contributed by atoms with van der Waals surface area (Å²) in [6, 6.07) is 7.78. The maximum absolute atomic E-state index is 12.0. The van der Waals surface area contributed by atoms with E-state index in [4.69, 9.17) is 9.47 Å². The largest absolute Gasteiger partial charge is 0.491 e. The molecular formula is C18H23N3O3. The molecule has 2 aromatic rings. The van der Waals surface area contributed by atoms with Crippen LogP contribution < -0.4 is 10.1 Å². The zero-order valence-corrected chi connectivity index (χ0v) is 14.1. The Morgan fingerprint density at radius 2 is 2.38 bits per heavy atom. The summed E-state index contributed by atoms with van der Waals surface area (Å²) in [4.78, 5) is 12.0. The Kier molecular flexibility index (Phi) is 5.15. The molecule has 6 nitrogen and oxygen atoms in total. The molecule has 1 aliphatic rings. The summed E-state index contributed by atoms with van der Waals surface area (Å²) in [6.07, 6.45) is 5.23. The van der Waals surface area contributed by atoms with Gasteiger partial charge in [-0.15, -0.1) is 0 Å². The molecule has 3 rings (SSSR count). The average molecular weight is 329 g/mol. The van der Waals surface area contributed by atoms with Crippen molar-refractivity contribution in [1.29, 1.82) is 0 Å². The zero-order valence-electron chi connectivity index (χ0n) is 14.1. The molecule has 1 fully saturated rings. The molecule has 0 unspecified atom stereocenters. The number of ether oxygens (including phenoxy) is 2. The van der Waals surface area contributed by atoms with Crippen LogP contribution in [0.2, 0.25) is 0 Å². The van der Waals surface area contributed by atoms with Crippen molar-refractivity contribution in [3.8, 4) is 16.9 Å². The van der Waals surface area contributed by atoms with Gasteiger partial charge in [-0.1, -0.05) is 12.1 Å². The average Bonchev–Trinajstić information content (AvgIpc) is 3.25. The van der Waals surface area contributed by atoms with Crippen LogP contribution in [0.5, 0.6) is 5.75 Å². The number of nitrogens with zero attached hydrogens (tertiary/aromatic N) is 2. The molecule has 2 atom stereocenters. The first-order chi connectivity index (χ1) is 11.6. The van der Waals surface area contributed by atoms with Crippen LogP contribution in [0.4, 0.5) is 0 Å². The Morgan fingerprint density at radius 3 is 3.08 bits per heavy atom. The van der Waals surface area contributed by atoms with Crippen LogP contribution in [-0.2, 0) is 16.6 Å². The van der Waals surface area contributed by atoms with Gasteiger partial charge in [-0.2, -0.15) is 5.10 Å². The van der Waals surface area contributed by atoms with Gasteiger partial charge in [0.25, 0.3) is 0 Å². The predicted octanol–water partition coefficient (Wildman–Crippen LogP) is 2.15. The van der Waals surface area contributed by atoms with Gasteiger partial charge in [-0.25, -0.2) is 0 Å². The topological polar surface area (TPSA) is 65.4 Å². The van der Waals surface area contributed by atoms with Gasteiger partial charge < -0.3 is 14.8 Å². The van der Waals surface area contributed by atoms with Crippen molar-refractivity contribution in [1.82, 2.24) is 15.1 Å². The monoisotopic (exact) mass is 329 g/mol. The van der Waals surface area contributed by atoms with Gasteiger partial charge in [0, 0.05) is 25.4 Å². The fourth-order valence-corrected chi connectivity index (χ4v) is 2.72. The normalized spacial score (nSPS) is 18.3. The van der Waals surface area contributed by atoms with E-state index in [1.807, 2.05) is 50.6 Å².